The average Bonchev–Trinajstić information content (AvgIpc) is 2.51. The molecule has 6 nitrogen and oxygen atoms in total. The normalized spacial score (nSPS) is 12.4. The smallest absolute Gasteiger partial charge is 0.241 e. The lowest BCUT2D eigenvalue weighted by Gasteiger charge is -2.21. The van der Waals surface area contributed by atoms with E-state index in [1.54, 1.807) is 18.2 Å². The highest BCUT2D eigenvalue weighted by Gasteiger charge is 2.24. The maximum Gasteiger partial charge on any atom is 0.241 e. The molecule has 0 bridgehead atoms. The maximum absolute atomic E-state index is 12.7. The third-order valence-electron chi connectivity index (χ3n) is 3.28. The van der Waals surface area contributed by atoms with E-state index in [1.165, 1.54) is 0 Å². The monoisotopic (exact) mass is 496 g/mol. The van der Waals surface area contributed by atoms with Gasteiger partial charge in [0.05, 0.1) is 11.4 Å². The van der Waals surface area contributed by atoms with Crippen LogP contribution in [0.2, 0.25) is 0 Å². The van der Waals surface area contributed by atoms with Gasteiger partial charge in [0, 0.05) is 18.6 Å². The molecule has 0 saturated carbocycles. The molecule has 0 unspecified atom stereocenters. The van der Waals surface area contributed by atoms with Crippen LogP contribution in [0.3, 0.4) is 0 Å². The van der Waals surface area contributed by atoms with Crippen molar-refractivity contribution >= 4 is 40.0 Å². The van der Waals surface area contributed by atoms with Gasteiger partial charge >= 0.3 is 0 Å². The van der Waals surface area contributed by atoms with Gasteiger partial charge in [-0.15, -0.1) is 24.0 Å². The fourth-order valence-corrected chi connectivity index (χ4v) is 3.90. The summed E-state index contributed by atoms with van der Waals surface area (Å²) < 4.78 is 28.0. The second kappa shape index (κ2) is 11.8. The van der Waals surface area contributed by atoms with Crippen molar-refractivity contribution in [2.75, 3.05) is 13.1 Å². The van der Waals surface area contributed by atoms with E-state index in [0.717, 1.165) is 25.9 Å². The zero-order chi connectivity index (χ0) is 18.9. The van der Waals surface area contributed by atoms with Crippen LogP contribution in [-0.2, 0) is 16.6 Å². The third-order valence-corrected chi connectivity index (χ3v) is 5.14. The summed E-state index contributed by atoms with van der Waals surface area (Å²) in [4.78, 5) is 4.80. The van der Waals surface area contributed by atoms with Gasteiger partial charge in [-0.1, -0.05) is 31.5 Å². The number of guanidine groups is 1. The number of aliphatic imine (C=N–C) groups is 1. The summed E-state index contributed by atoms with van der Waals surface area (Å²) in [5.74, 6) is 0.701. The number of rotatable bonds is 8. The van der Waals surface area contributed by atoms with Gasteiger partial charge in [-0.2, -0.15) is 0 Å². The van der Waals surface area contributed by atoms with Crippen LogP contribution in [0.15, 0.2) is 34.2 Å². The van der Waals surface area contributed by atoms with E-state index in [2.05, 4.69) is 27.3 Å². The Hall–Kier alpha value is -0.870. The maximum atomic E-state index is 12.7. The molecule has 1 rings (SSSR count). The fourth-order valence-electron chi connectivity index (χ4n) is 2.24. The Bertz CT molecular complexity index is 670. The number of unbranched alkanes of at least 4 members (excludes halogenated alkanes) is 1. The molecule has 150 valence electrons. The summed E-state index contributed by atoms with van der Waals surface area (Å²) in [5.41, 5.74) is 0.137. The Balaban J connectivity index is 0.00000625. The lowest BCUT2D eigenvalue weighted by Crippen LogP contribution is -2.40. The second-order valence-electron chi connectivity index (χ2n) is 6.94. The summed E-state index contributed by atoms with van der Waals surface area (Å²) in [7, 11) is -3.59. The number of hydrogen-bond acceptors (Lipinski definition) is 3. The molecule has 0 atom stereocenters. The topological polar surface area (TPSA) is 82.6 Å². The first-order valence-electron chi connectivity index (χ1n) is 8.83. The molecule has 0 spiro atoms. The predicted octanol–water partition coefficient (Wildman–Crippen LogP) is 3.24. The minimum Gasteiger partial charge on any atom is -0.357 e. The van der Waals surface area contributed by atoms with Gasteiger partial charge in [-0.3, -0.25) is 0 Å². The minimum absolute atomic E-state index is 0. The molecule has 0 heterocycles. The zero-order valence-electron chi connectivity index (χ0n) is 16.4. The van der Waals surface area contributed by atoms with Crippen molar-refractivity contribution in [3.63, 3.8) is 0 Å². The Morgan fingerprint density at radius 1 is 1.12 bits per heavy atom. The first-order valence-corrected chi connectivity index (χ1v) is 10.3. The quantitative estimate of drug-likeness (QED) is 0.223. The molecular weight excluding hydrogens is 463 g/mol. The van der Waals surface area contributed by atoms with E-state index in [0.29, 0.717) is 18.1 Å². The standard InChI is InChI=1S/C18H32N4O2S.HI/c1-6-8-13-20-17(19-7-2)21-14-15-11-9-10-12-16(15)25(23,24)22-18(3,4)5;/h9-12,22H,6-8,13-14H2,1-5H3,(H2,19,20,21);1H. The van der Waals surface area contributed by atoms with Crippen LogP contribution in [-0.4, -0.2) is 33.0 Å². The van der Waals surface area contributed by atoms with Crippen LogP contribution in [0.1, 0.15) is 53.0 Å². The molecule has 26 heavy (non-hydrogen) atoms. The summed E-state index contributed by atoms with van der Waals surface area (Å²) in [6.07, 6.45) is 2.16. The molecule has 0 amide bonds. The van der Waals surface area contributed by atoms with Crippen molar-refractivity contribution in [2.24, 2.45) is 4.99 Å². The number of nitrogens with one attached hydrogen (secondary N) is 3. The molecule has 0 aliphatic carbocycles. The molecule has 0 aliphatic rings. The van der Waals surface area contributed by atoms with Gasteiger partial charge in [0.1, 0.15) is 0 Å². The van der Waals surface area contributed by atoms with Gasteiger partial charge in [-0.05, 0) is 45.7 Å². The highest BCUT2D eigenvalue weighted by molar-refractivity contribution is 14.0. The summed E-state index contributed by atoms with van der Waals surface area (Å²) in [5, 5.41) is 6.44. The van der Waals surface area contributed by atoms with Crippen molar-refractivity contribution in [1.82, 2.24) is 15.4 Å². The van der Waals surface area contributed by atoms with Gasteiger partial charge < -0.3 is 10.6 Å². The summed E-state index contributed by atoms with van der Waals surface area (Å²) in [6.45, 7) is 11.5. The van der Waals surface area contributed by atoms with Crippen LogP contribution in [0.5, 0.6) is 0 Å². The number of halogens is 1. The molecule has 3 N–H and O–H groups in total. The summed E-state index contributed by atoms with van der Waals surface area (Å²) >= 11 is 0. The second-order valence-corrected chi connectivity index (χ2v) is 8.59. The van der Waals surface area contributed by atoms with Crippen LogP contribution < -0.4 is 15.4 Å². The van der Waals surface area contributed by atoms with Gasteiger partial charge in [0.15, 0.2) is 5.96 Å². The Morgan fingerprint density at radius 3 is 2.35 bits per heavy atom. The highest BCUT2D eigenvalue weighted by Crippen LogP contribution is 2.18. The lowest BCUT2D eigenvalue weighted by molar-refractivity contribution is 0.491. The van der Waals surface area contributed by atoms with Crippen LogP contribution >= 0.6 is 24.0 Å². The van der Waals surface area contributed by atoms with Crippen LogP contribution in [0, 0.1) is 0 Å². The van der Waals surface area contributed by atoms with Crippen molar-refractivity contribution in [1.29, 1.82) is 0 Å². The largest absolute Gasteiger partial charge is 0.357 e. The zero-order valence-corrected chi connectivity index (χ0v) is 19.6. The lowest BCUT2D eigenvalue weighted by atomic mass is 10.1. The van der Waals surface area contributed by atoms with Gasteiger partial charge in [0.25, 0.3) is 0 Å². The number of sulfonamides is 1. The predicted molar refractivity (Wildman–Crippen MR) is 120 cm³/mol. The van der Waals surface area contributed by atoms with Crippen LogP contribution in [0.25, 0.3) is 0 Å². The molecule has 1 aromatic rings. The van der Waals surface area contributed by atoms with Crippen molar-refractivity contribution in [3.05, 3.63) is 29.8 Å². The minimum atomic E-state index is -3.59. The number of hydrogen-bond donors (Lipinski definition) is 3. The molecule has 0 saturated heterocycles. The first-order chi connectivity index (χ1) is 11.7. The number of nitrogens with zero attached hydrogens (tertiary/aromatic N) is 1. The summed E-state index contributed by atoms with van der Waals surface area (Å²) in [6, 6.07) is 6.99. The molecule has 0 fully saturated rings. The van der Waals surface area contributed by atoms with Crippen molar-refractivity contribution < 1.29 is 8.42 Å². The van der Waals surface area contributed by atoms with Gasteiger partial charge in [0.2, 0.25) is 10.0 Å². The molecule has 0 aliphatic heterocycles. The van der Waals surface area contributed by atoms with E-state index >= 15 is 0 Å². The molecule has 8 heteroatoms. The molecular formula is C18H33IN4O2S. The van der Waals surface area contributed by atoms with E-state index in [9.17, 15) is 8.42 Å². The third kappa shape index (κ3) is 9.18. The van der Waals surface area contributed by atoms with Gasteiger partial charge in [-0.25, -0.2) is 18.1 Å². The van der Waals surface area contributed by atoms with Crippen LogP contribution in [0.4, 0.5) is 0 Å². The Labute approximate surface area is 175 Å². The van der Waals surface area contributed by atoms with E-state index in [4.69, 9.17) is 0 Å². The fraction of sp³-hybridized carbons (Fsp3) is 0.611. The Kier molecular flexibility index (Phi) is 11.4. The van der Waals surface area contributed by atoms with Crippen molar-refractivity contribution in [2.45, 2.75) is 64.4 Å². The van der Waals surface area contributed by atoms with E-state index < -0.39 is 15.6 Å². The Morgan fingerprint density at radius 2 is 1.77 bits per heavy atom. The van der Waals surface area contributed by atoms with E-state index in [1.807, 2.05) is 33.8 Å². The molecule has 1 aromatic carbocycles. The average molecular weight is 496 g/mol. The van der Waals surface area contributed by atoms with E-state index in [-0.39, 0.29) is 28.9 Å². The number of benzene rings is 1. The molecule has 0 radical (unpaired) electrons. The first kappa shape index (κ1) is 25.1. The SMILES string of the molecule is CCCCNC(=NCc1ccccc1S(=O)(=O)NC(C)(C)C)NCC.I. The highest BCUT2D eigenvalue weighted by atomic mass is 127. The molecule has 0 aromatic heterocycles. The van der Waals surface area contributed by atoms with Crippen molar-refractivity contribution in [3.8, 4) is 0 Å².